The van der Waals surface area contributed by atoms with Gasteiger partial charge in [0.05, 0.1) is 12.0 Å². The summed E-state index contributed by atoms with van der Waals surface area (Å²) in [6, 6.07) is 3.69. The molecular formula is C12H13N3O. The fraction of sp³-hybridized carbons (Fsp3) is 0.167. The number of imidazole rings is 1. The second kappa shape index (κ2) is 3.81. The summed E-state index contributed by atoms with van der Waals surface area (Å²) in [5.74, 6) is 0. The molecule has 2 aromatic rings. The first-order chi connectivity index (χ1) is 7.61. The molecule has 0 amide bonds. The van der Waals surface area contributed by atoms with Crippen molar-refractivity contribution in [3.05, 3.63) is 41.5 Å². The molecule has 4 heteroatoms. The third-order valence-electron chi connectivity index (χ3n) is 2.54. The van der Waals surface area contributed by atoms with E-state index >= 15 is 0 Å². The molecule has 0 bridgehead atoms. The maximum atomic E-state index is 10.9. The van der Waals surface area contributed by atoms with Crippen LogP contribution in [0, 0.1) is 13.8 Å². The highest BCUT2D eigenvalue weighted by Crippen LogP contribution is 2.20. The Balaban J connectivity index is 2.58. The number of aryl methyl sites for hydroxylation is 2. The van der Waals surface area contributed by atoms with Gasteiger partial charge in [-0.05, 0) is 31.5 Å². The second-order valence-electron chi connectivity index (χ2n) is 3.81. The number of hydrogen-bond donors (Lipinski definition) is 1. The molecule has 0 radical (unpaired) electrons. The minimum Gasteiger partial charge on any atom is -0.398 e. The lowest BCUT2D eigenvalue weighted by Crippen LogP contribution is -2.00. The van der Waals surface area contributed by atoms with E-state index in [1.165, 1.54) is 0 Å². The van der Waals surface area contributed by atoms with E-state index in [4.69, 9.17) is 5.73 Å². The largest absolute Gasteiger partial charge is 0.398 e. The second-order valence-corrected chi connectivity index (χ2v) is 3.81. The molecule has 1 aromatic heterocycles. The smallest absolute Gasteiger partial charge is 0.152 e. The number of hydrogen-bond acceptors (Lipinski definition) is 3. The summed E-state index contributed by atoms with van der Waals surface area (Å²) in [4.78, 5) is 15.0. The van der Waals surface area contributed by atoms with Gasteiger partial charge in [-0.15, -0.1) is 0 Å². The van der Waals surface area contributed by atoms with Crippen molar-refractivity contribution in [2.75, 3.05) is 5.73 Å². The van der Waals surface area contributed by atoms with Crippen LogP contribution in [-0.4, -0.2) is 15.8 Å². The number of aromatic nitrogens is 2. The van der Waals surface area contributed by atoms with Gasteiger partial charge in [0.2, 0.25) is 0 Å². The number of anilines is 1. The van der Waals surface area contributed by atoms with E-state index in [2.05, 4.69) is 4.98 Å². The molecule has 0 aliphatic carbocycles. The van der Waals surface area contributed by atoms with Gasteiger partial charge < -0.3 is 10.3 Å². The van der Waals surface area contributed by atoms with Crippen LogP contribution < -0.4 is 5.73 Å². The molecular weight excluding hydrogens is 202 g/mol. The van der Waals surface area contributed by atoms with Gasteiger partial charge in [-0.3, -0.25) is 4.79 Å². The Morgan fingerprint density at radius 3 is 2.69 bits per heavy atom. The Kier molecular flexibility index (Phi) is 2.48. The average molecular weight is 215 g/mol. The van der Waals surface area contributed by atoms with E-state index in [9.17, 15) is 4.79 Å². The van der Waals surface area contributed by atoms with Gasteiger partial charge in [0.1, 0.15) is 0 Å². The Hall–Kier alpha value is -2.10. The van der Waals surface area contributed by atoms with Gasteiger partial charge in [0.15, 0.2) is 6.29 Å². The maximum absolute atomic E-state index is 10.9. The van der Waals surface area contributed by atoms with Crippen LogP contribution in [0.2, 0.25) is 0 Å². The molecule has 0 aliphatic heterocycles. The monoisotopic (exact) mass is 215 g/mol. The van der Waals surface area contributed by atoms with Crippen LogP contribution in [0.5, 0.6) is 0 Å². The van der Waals surface area contributed by atoms with E-state index in [0.717, 1.165) is 23.2 Å². The normalized spacial score (nSPS) is 10.4. The van der Waals surface area contributed by atoms with Crippen LogP contribution >= 0.6 is 0 Å². The van der Waals surface area contributed by atoms with Crippen molar-refractivity contribution in [2.45, 2.75) is 13.8 Å². The number of nitrogens with two attached hydrogens (primary N) is 1. The average Bonchev–Trinajstić information content (AvgIpc) is 2.69. The van der Waals surface area contributed by atoms with E-state index < -0.39 is 0 Å². The molecule has 1 aromatic carbocycles. The number of carbonyl (C=O) groups excluding carboxylic acids is 1. The molecule has 0 saturated carbocycles. The number of benzene rings is 1. The van der Waals surface area contributed by atoms with Crippen LogP contribution in [0.1, 0.15) is 21.6 Å². The van der Waals surface area contributed by atoms with E-state index in [1.54, 1.807) is 12.4 Å². The van der Waals surface area contributed by atoms with Crippen molar-refractivity contribution in [3.8, 4) is 5.69 Å². The fourth-order valence-corrected chi connectivity index (χ4v) is 1.61. The summed E-state index contributed by atoms with van der Waals surface area (Å²) in [7, 11) is 0. The number of carbonyl (C=O) groups is 1. The lowest BCUT2D eigenvalue weighted by Gasteiger charge is -2.08. The summed E-state index contributed by atoms with van der Waals surface area (Å²) in [6.45, 7) is 3.80. The molecule has 2 rings (SSSR count). The molecule has 2 N–H and O–H groups in total. The Morgan fingerprint density at radius 1 is 1.38 bits per heavy atom. The Labute approximate surface area is 93.7 Å². The van der Waals surface area contributed by atoms with Gasteiger partial charge >= 0.3 is 0 Å². The molecule has 16 heavy (non-hydrogen) atoms. The zero-order valence-electron chi connectivity index (χ0n) is 9.27. The van der Waals surface area contributed by atoms with Gasteiger partial charge in [0, 0.05) is 23.1 Å². The summed E-state index contributed by atoms with van der Waals surface area (Å²) >= 11 is 0. The van der Waals surface area contributed by atoms with Crippen molar-refractivity contribution in [1.29, 1.82) is 0 Å². The highest BCUT2D eigenvalue weighted by molar-refractivity contribution is 5.85. The van der Waals surface area contributed by atoms with Crippen LogP contribution in [0.15, 0.2) is 24.7 Å². The number of nitrogen functional groups attached to an aromatic ring is 1. The summed E-state index contributed by atoms with van der Waals surface area (Å²) in [5, 5.41) is 0. The van der Waals surface area contributed by atoms with Gasteiger partial charge in [-0.2, -0.15) is 0 Å². The summed E-state index contributed by atoms with van der Waals surface area (Å²) in [5.41, 5.74) is 9.57. The first-order valence-electron chi connectivity index (χ1n) is 4.98. The van der Waals surface area contributed by atoms with Crippen molar-refractivity contribution >= 4 is 12.0 Å². The third-order valence-corrected chi connectivity index (χ3v) is 2.54. The topological polar surface area (TPSA) is 60.9 Å². The molecule has 0 saturated heterocycles. The SMILES string of the molecule is Cc1cn(-c2cc(C)c(N)c(C=O)c2)cn1. The number of rotatable bonds is 2. The van der Waals surface area contributed by atoms with Gasteiger partial charge in [-0.1, -0.05) is 0 Å². The summed E-state index contributed by atoms with van der Waals surface area (Å²) < 4.78 is 1.87. The quantitative estimate of drug-likeness (QED) is 0.614. The minimum absolute atomic E-state index is 0.515. The highest BCUT2D eigenvalue weighted by Gasteiger charge is 2.06. The molecule has 0 fully saturated rings. The minimum atomic E-state index is 0.515. The highest BCUT2D eigenvalue weighted by atomic mass is 16.1. The van der Waals surface area contributed by atoms with E-state index in [-0.39, 0.29) is 0 Å². The number of nitrogens with zero attached hydrogens (tertiary/aromatic N) is 2. The predicted molar refractivity (Wildman–Crippen MR) is 62.8 cm³/mol. The van der Waals surface area contributed by atoms with E-state index in [0.29, 0.717) is 11.3 Å². The third kappa shape index (κ3) is 1.69. The van der Waals surface area contributed by atoms with E-state index in [1.807, 2.05) is 30.7 Å². The zero-order chi connectivity index (χ0) is 11.7. The van der Waals surface area contributed by atoms with Crippen LogP contribution in [-0.2, 0) is 0 Å². The molecule has 82 valence electrons. The molecule has 0 atom stereocenters. The molecule has 0 spiro atoms. The Morgan fingerprint density at radius 2 is 2.12 bits per heavy atom. The van der Waals surface area contributed by atoms with Gasteiger partial charge in [0.25, 0.3) is 0 Å². The van der Waals surface area contributed by atoms with Crippen LogP contribution in [0.4, 0.5) is 5.69 Å². The summed E-state index contributed by atoms with van der Waals surface area (Å²) in [6.07, 6.45) is 4.39. The first-order valence-corrected chi connectivity index (χ1v) is 4.98. The lowest BCUT2D eigenvalue weighted by atomic mass is 10.1. The van der Waals surface area contributed by atoms with Crippen molar-refractivity contribution in [2.24, 2.45) is 0 Å². The standard InChI is InChI=1S/C12H13N3O/c1-8-3-11(4-10(6-16)12(8)13)15-5-9(2)14-7-15/h3-7H,13H2,1-2H3. The number of aldehydes is 1. The first kappa shape index (κ1) is 10.4. The maximum Gasteiger partial charge on any atom is 0.152 e. The molecule has 4 nitrogen and oxygen atoms in total. The molecule has 0 unspecified atom stereocenters. The lowest BCUT2D eigenvalue weighted by molar-refractivity contribution is 0.112. The van der Waals surface area contributed by atoms with Crippen molar-refractivity contribution < 1.29 is 4.79 Å². The van der Waals surface area contributed by atoms with Crippen LogP contribution in [0.3, 0.4) is 0 Å². The fourth-order valence-electron chi connectivity index (χ4n) is 1.61. The van der Waals surface area contributed by atoms with Crippen molar-refractivity contribution in [3.63, 3.8) is 0 Å². The van der Waals surface area contributed by atoms with Crippen molar-refractivity contribution in [1.82, 2.24) is 9.55 Å². The van der Waals surface area contributed by atoms with Gasteiger partial charge in [-0.25, -0.2) is 4.98 Å². The van der Waals surface area contributed by atoms with Crippen LogP contribution in [0.25, 0.3) is 5.69 Å². The Bertz CT molecular complexity index is 543. The zero-order valence-corrected chi connectivity index (χ0v) is 9.27. The molecule has 0 aliphatic rings. The molecule has 1 heterocycles. The predicted octanol–water partition coefficient (Wildman–Crippen LogP) is 1.88.